The van der Waals surface area contributed by atoms with Crippen molar-refractivity contribution in [2.24, 2.45) is 11.7 Å². The van der Waals surface area contributed by atoms with Crippen LogP contribution in [0.2, 0.25) is 0 Å². The van der Waals surface area contributed by atoms with E-state index in [0.29, 0.717) is 12.3 Å². The molecule has 0 spiro atoms. The summed E-state index contributed by atoms with van der Waals surface area (Å²) in [4.78, 5) is 9.27. The van der Waals surface area contributed by atoms with E-state index in [4.69, 9.17) is 5.73 Å². The first-order valence-electron chi connectivity index (χ1n) is 5.68. The van der Waals surface area contributed by atoms with Gasteiger partial charge in [-0.3, -0.25) is 0 Å². The van der Waals surface area contributed by atoms with Crippen LogP contribution in [0.15, 0.2) is 0 Å². The Morgan fingerprint density at radius 3 is 2.40 bits per heavy atom. The Morgan fingerprint density at radius 1 is 1.33 bits per heavy atom. The molecule has 2 unspecified atom stereocenters. The van der Waals surface area contributed by atoms with Gasteiger partial charge in [0.25, 0.3) is 0 Å². The van der Waals surface area contributed by atoms with Crippen molar-refractivity contribution in [3.8, 4) is 0 Å². The van der Waals surface area contributed by atoms with Gasteiger partial charge in [0.15, 0.2) is 5.66 Å². The molecule has 0 amide bonds. The standard InChI is InChI=1S/C10H20NO3P/c11-7-9(12)6-10(15(13)14)8-4-2-1-3-5-8/h8-10,12H,1-7,11H2/p+1/t9-,10?/m1/s1. The van der Waals surface area contributed by atoms with Crippen LogP contribution in [0.1, 0.15) is 38.5 Å². The molecule has 0 saturated heterocycles. The summed E-state index contributed by atoms with van der Waals surface area (Å²) in [5.74, 6) is 0.300. The summed E-state index contributed by atoms with van der Waals surface area (Å²) in [5, 5.41) is 9.44. The fourth-order valence-electron chi connectivity index (χ4n) is 2.36. The summed E-state index contributed by atoms with van der Waals surface area (Å²) in [7, 11) is -2.19. The zero-order chi connectivity index (χ0) is 11.3. The summed E-state index contributed by atoms with van der Waals surface area (Å²) in [6.07, 6.45) is 5.28. The maximum absolute atomic E-state index is 11.2. The minimum Gasteiger partial charge on any atom is -0.392 e. The SMILES string of the molecule is NC[C@H](O)CC(C1CCCCC1)[P+](=O)O. The Bertz CT molecular complexity index is 207. The number of aliphatic hydroxyl groups is 1. The van der Waals surface area contributed by atoms with E-state index < -0.39 is 14.1 Å². The average molecular weight is 234 g/mol. The van der Waals surface area contributed by atoms with Crippen molar-refractivity contribution in [1.29, 1.82) is 0 Å². The quantitative estimate of drug-likeness (QED) is 0.627. The van der Waals surface area contributed by atoms with Gasteiger partial charge in [0.2, 0.25) is 0 Å². The van der Waals surface area contributed by atoms with Crippen LogP contribution in [-0.2, 0) is 4.57 Å². The second-order valence-corrected chi connectivity index (χ2v) is 5.66. The first-order chi connectivity index (χ1) is 7.15. The Hall–Kier alpha value is -0.0200. The number of aliphatic hydroxyl groups excluding tert-OH is 1. The highest BCUT2D eigenvalue weighted by molar-refractivity contribution is 7.38. The molecule has 15 heavy (non-hydrogen) atoms. The van der Waals surface area contributed by atoms with Crippen LogP contribution in [0.5, 0.6) is 0 Å². The second-order valence-electron chi connectivity index (χ2n) is 4.39. The van der Waals surface area contributed by atoms with Gasteiger partial charge < -0.3 is 10.8 Å². The van der Waals surface area contributed by atoms with E-state index in [9.17, 15) is 14.6 Å². The second kappa shape index (κ2) is 6.54. The number of nitrogens with two attached hydrogens (primary N) is 1. The lowest BCUT2D eigenvalue weighted by molar-refractivity contribution is 0.156. The van der Waals surface area contributed by atoms with Crippen LogP contribution in [0.3, 0.4) is 0 Å². The molecule has 0 radical (unpaired) electrons. The van der Waals surface area contributed by atoms with Gasteiger partial charge in [-0.1, -0.05) is 19.3 Å². The van der Waals surface area contributed by atoms with Crippen molar-refractivity contribution in [1.82, 2.24) is 0 Å². The van der Waals surface area contributed by atoms with Crippen LogP contribution in [-0.4, -0.2) is 28.3 Å². The molecule has 0 aromatic carbocycles. The molecule has 0 aliphatic heterocycles. The molecular formula is C10H21NO3P+. The zero-order valence-corrected chi connectivity index (χ0v) is 9.90. The maximum atomic E-state index is 11.2. The largest absolute Gasteiger partial charge is 0.509 e. The van der Waals surface area contributed by atoms with Gasteiger partial charge in [-0.2, -0.15) is 4.89 Å². The van der Waals surface area contributed by atoms with Crippen molar-refractivity contribution in [3.63, 3.8) is 0 Å². The first kappa shape index (κ1) is 13.0. The van der Waals surface area contributed by atoms with Crippen LogP contribution in [0, 0.1) is 5.92 Å². The number of hydrogen-bond donors (Lipinski definition) is 3. The van der Waals surface area contributed by atoms with Crippen molar-refractivity contribution in [2.75, 3.05) is 6.54 Å². The number of hydrogen-bond acceptors (Lipinski definition) is 3. The van der Waals surface area contributed by atoms with Crippen molar-refractivity contribution in [3.05, 3.63) is 0 Å². The molecule has 4 nitrogen and oxygen atoms in total. The predicted octanol–water partition coefficient (Wildman–Crippen LogP) is 1.38. The molecular weight excluding hydrogens is 213 g/mol. The Morgan fingerprint density at radius 2 is 1.93 bits per heavy atom. The molecule has 88 valence electrons. The smallest absolute Gasteiger partial charge is 0.392 e. The minimum absolute atomic E-state index is 0.173. The van der Waals surface area contributed by atoms with E-state index in [0.717, 1.165) is 25.7 Å². The molecule has 0 heterocycles. The summed E-state index contributed by atoms with van der Waals surface area (Å²) < 4.78 is 11.2. The third-order valence-electron chi connectivity index (χ3n) is 3.26. The summed E-state index contributed by atoms with van der Waals surface area (Å²) in [6.45, 7) is 0.173. The van der Waals surface area contributed by atoms with Gasteiger partial charge in [0.1, 0.15) is 0 Å². The zero-order valence-electron chi connectivity index (χ0n) is 9.01. The van der Waals surface area contributed by atoms with Gasteiger partial charge in [-0.05, 0) is 17.4 Å². The van der Waals surface area contributed by atoms with Crippen LogP contribution in [0.25, 0.3) is 0 Å². The highest BCUT2D eigenvalue weighted by atomic mass is 31.1. The predicted molar refractivity (Wildman–Crippen MR) is 59.9 cm³/mol. The van der Waals surface area contributed by atoms with E-state index in [-0.39, 0.29) is 12.2 Å². The molecule has 1 aliphatic rings. The fraction of sp³-hybridized carbons (Fsp3) is 1.00. The molecule has 0 bridgehead atoms. The molecule has 5 heteroatoms. The molecule has 3 atom stereocenters. The van der Waals surface area contributed by atoms with Gasteiger partial charge in [-0.15, -0.1) is 0 Å². The summed E-state index contributed by atoms with van der Waals surface area (Å²) >= 11 is 0. The topological polar surface area (TPSA) is 83.5 Å². The van der Waals surface area contributed by atoms with Gasteiger partial charge in [-0.25, -0.2) is 0 Å². The lowest BCUT2D eigenvalue weighted by Gasteiger charge is -2.23. The summed E-state index contributed by atoms with van der Waals surface area (Å²) in [5.41, 5.74) is 5.06. The Labute approximate surface area is 91.7 Å². The van der Waals surface area contributed by atoms with E-state index in [1.807, 2.05) is 0 Å². The first-order valence-corrected chi connectivity index (χ1v) is 6.96. The lowest BCUT2D eigenvalue weighted by atomic mass is 9.85. The monoisotopic (exact) mass is 234 g/mol. The fourth-order valence-corrected chi connectivity index (χ4v) is 3.44. The van der Waals surface area contributed by atoms with Crippen molar-refractivity contribution >= 4 is 8.03 Å². The highest BCUT2D eigenvalue weighted by Crippen LogP contribution is 2.39. The van der Waals surface area contributed by atoms with Crippen molar-refractivity contribution < 1.29 is 14.6 Å². The van der Waals surface area contributed by atoms with Crippen LogP contribution < -0.4 is 5.73 Å². The molecule has 4 N–H and O–H groups in total. The normalized spacial score (nSPS) is 23.5. The van der Waals surface area contributed by atoms with E-state index >= 15 is 0 Å². The molecule has 1 rings (SSSR count). The molecule has 1 fully saturated rings. The third-order valence-corrected chi connectivity index (χ3v) is 4.46. The third kappa shape index (κ3) is 4.15. The van der Waals surface area contributed by atoms with Crippen LogP contribution >= 0.6 is 8.03 Å². The number of rotatable bonds is 5. The molecule has 0 aromatic rings. The molecule has 1 saturated carbocycles. The highest BCUT2D eigenvalue weighted by Gasteiger charge is 2.39. The van der Waals surface area contributed by atoms with E-state index in [1.165, 1.54) is 6.42 Å². The lowest BCUT2D eigenvalue weighted by Crippen LogP contribution is -2.29. The van der Waals surface area contributed by atoms with E-state index in [1.54, 1.807) is 0 Å². The molecule has 1 aliphatic carbocycles. The average Bonchev–Trinajstić information content (AvgIpc) is 2.26. The van der Waals surface area contributed by atoms with Crippen LogP contribution in [0.4, 0.5) is 0 Å². The maximum Gasteiger partial charge on any atom is 0.509 e. The minimum atomic E-state index is -2.19. The Balaban J connectivity index is 2.51. The summed E-state index contributed by atoms with van der Waals surface area (Å²) in [6, 6.07) is 0. The molecule has 0 aromatic heterocycles. The van der Waals surface area contributed by atoms with E-state index in [2.05, 4.69) is 0 Å². The van der Waals surface area contributed by atoms with Crippen molar-refractivity contribution in [2.45, 2.75) is 50.3 Å². The van der Waals surface area contributed by atoms with Gasteiger partial charge >= 0.3 is 8.03 Å². The van der Waals surface area contributed by atoms with Gasteiger partial charge in [0.05, 0.1) is 6.10 Å². The van der Waals surface area contributed by atoms with Gasteiger partial charge in [0, 0.05) is 18.9 Å². The Kier molecular flexibility index (Phi) is 5.69.